The molecule has 2 N–H and O–H groups in total. The van der Waals surface area contributed by atoms with E-state index in [2.05, 4.69) is 9.71 Å². The number of hydrogen-bond acceptors (Lipinski definition) is 6. The van der Waals surface area contributed by atoms with Crippen molar-refractivity contribution in [3.63, 3.8) is 0 Å². The highest BCUT2D eigenvalue weighted by atomic mass is 32.2. The third-order valence-corrected chi connectivity index (χ3v) is 4.82. The van der Waals surface area contributed by atoms with Gasteiger partial charge in [0.15, 0.2) is 5.69 Å². The van der Waals surface area contributed by atoms with Crippen LogP contribution in [0.4, 0.5) is 0 Å². The zero-order valence-electron chi connectivity index (χ0n) is 10.9. The minimum atomic E-state index is -4.18. The molecule has 0 amide bonds. The van der Waals surface area contributed by atoms with Gasteiger partial charge in [-0.15, -0.1) is 0 Å². The minimum Gasteiger partial charge on any atom is -0.480 e. The minimum absolute atomic E-state index is 0.0176. The maximum Gasteiger partial charge on any atom is 0.325 e. The Kier molecular flexibility index (Phi) is 4.22. The van der Waals surface area contributed by atoms with Gasteiger partial charge < -0.3 is 9.84 Å². The Labute approximate surface area is 121 Å². The third kappa shape index (κ3) is 3.02. The molecular formula is C12H13N3O5S. The summed E-state index contributed by atoms with van der Waals surface area (Å²) in [5, 5.41) is 18.3. The molecule has 0 unspecified atom stereocenters. The van der Waals surface area contributed by atoms with Gasteiger partial charge in [0.2, 0.25) is 10.0 Å². The van der Waals surface area contributed by atoms with Crippen LogP contribution in [0, 0.1) is 11.3 Å². The van der Waals surface area contributed by atoms with Crippen molar-refractivity contribution in [3.8, 4) is 6.07 Å². The van der Waals surface area contributed by atoms with Crippen molar-refractivity contribution in [1.29, 1.82) is 5.26 Å². The Bertz CT molecular complexity index is 689. The van der Waals surface area contributed by atoms with E-state index in [1.54, 1.807) is 6.07 Å². The van der Waals surface area contributed by atoms with Gasteiger partial charge in [0.25, 0.3) is 0 Å². The van der Waals surface area contributed by atoms with Crippen LogP contribution >= 0.6 is 0 Å². The second-order valence-corrected chi connectivity index (χ2v) is 6.22. The fourth-order valence-corrected chi connectivity index (χ4v) is 3.61. The Morgan fingerprint density at radius 2 is 2.14 bits per heavy atom. The molecule has 2 rings (SSSR count). The maximum atomic E-state index is 12.4. The second kappa shape index (κ2) is 5.77. The highest BCUT2D eigenvalue weighted by Gasteiger charge is 2.44. The molecule has 0 atom stereocenters. The molecular weight excluding hydrogens is 298 g/mol. The molecule has 0 saturated carbocycles. The molecule has 112 valence electrons. The molecule has 0 bridgehead atoms. The van der Waals surface area contributed by atoms with Gasteiger partial charge in [-0.25, -0.2) is 13.4 Å². The number of aliphatic carboxylic acids is 1. The summed E-state index contributed by atoms with van der Waals surface area (Å²) in [6.45, 7) is 0.292. The van der Waals surface area contributed by atoms with Crippen molar-refractivity contribution in [1.82, 2.24) is 9.71 Å². The first-order valence-electron chi connectivity index (χ1n) is 6.11. The number of hydrogen-bond donors (Lipinski definition) is 2. The van der Waals surface area contributed by atoms with Gasteiger partial charge in [-0.3, -0.25) is 4.79 Å². The number of carboxylic acid groups (broad SMARTS) is 1. The lowest BCUT2D eigenvalue weighted by Crippen LogP contribution is -2.57. The van der Waals surface area contributed by atoms with Crippen LogP contribution in [-0.4, -0.2) is 43.2 Å². The maximum absolute atomic E-state index is 12.4. The summed E-state index contributed by atoms with van der Waals surface area (Å²) >= 11 is 0. The number of nitrogens with zero attached hydrogens (tertiary/aromatic N) is 2. The van der Waals surface area contributed by atoms with Crippen LogP contribution in [0.5, 0.6) is 0 Å². The number of carboxylic acids is 1. The van der Waals surface area contributed by atoms with Crippen LogP contribution < -0.4 is 4.72 Å². The molecule has 0 aliphatic carbocycles. The number of ether oxygens (including phenoxy) is 1. The molecule has 0 aromatic carbocycles. The van der Waals surface area contributed by atoms with Crippen molar-refractivity contribution in [2.24, 2.45) is 0 Å². The summed E-state index contributed by atoms with van der Waals surface area (Å²) < 4.78 is 32.0. The van der Waals surface area contributed by atoms with Gasteiger partial charge in [-0.2, -0.15) is 9.98 Å². The molecule has 2 heterocycles. The predicted molar refractivity (Wildman–Crippen MR) is 69.7 cm³/mol. The second-order valence-electron chi connectivity index (χ2n) is 4.57. The Balaban J connectivity index is 2.40. The Hall–Kier alpha value is -2.02. The van der Waals surface area contributed by atoms with Crippen LogP contribution in [0.1, 0.15) is 18.5 Å². The van der Waals surface area contributed by atoms with Crippen molar-refractivity contribution >= 4 is 16.0 Å². The molecule has 1 aromatic heterocycles. The lowest BCUT2D eigenvalue weighted by molar-refractivity contribution is -0.147. The normalized spacial score (nSPS) is 17.9. The van der Waals surface area contributed by atoms with E-state index in [-0.39, 0.29) is 36.6 Å². The zero-order valence-corrected chi connectivity index (χ0v) is 11.8. The van der Waals surface area contributed by atoms with E-state index < -0.39 is 21.5 Å². The fraction of sp³-hybridized carbons (Fsp3) is 0.417. The first-order valence-corrected chi connectivity index (χ1v) is 7.60. The fourth-order valence-electron chi connectivity index (χ4n) is 2.08. The summed E-state index contributed by atoms with van der Waals surface area (Å²) in [5.74, 6) is -1.27. The van der Waals surface area contributed by atoms with Crippen molar-refractivity contribution in [3.05, 3.63) is 24.0 Å². The zero-order chi connectivity index (χ0) is 15.5. The van der Waals surface area contributed by atoms with Crippen LogP contribution in [-0.2, 0) is 19.6 Å². The first kappa shape index (κ1) is 15.4. The molecule has 9 heteroatoms. The molecule has 1 aliphatic rings. The molecule has 1 aliphatic heterocycles. The van der Waals surface area contributed by atoms with Gasteiger partial charge in [-0.05, 0) is 12.1 Å². The third-order valence-electron chi connectivity index (χ3n) is 3.25. The number of nitrogens with one attached hydrogen (secondary N) is 1. The molecule has 1 aromatic rings. The van der Waals surface area contributed by atoms with E-state index in [1.807, 2.05) is 0 Å². The monoisotopic (exact) mass is 311 g/mol. The smallest absolute Gasteiger partial charge is 0.325 e. The Morgan fingerprint density at radius 3 is 2.71 bits per heavy atom. The highest BCUT2D eigenvalue weighted by Crippen LogP contribution is 2.24. The van der Waals surface area contributed by atoms with E-state index in [9.17, 15) is 18.3 Å². The molecule has 0 spiro atoms. The number of rotatable bonds is 4. The number of aromatic nitrogens is 1. The summed E-state index contributed by atoms with van der Waals surface area (Å²) in [7, 11) is -4.18. The van der Waals surface area contributed by atoms with E-state index in [0.29, 0.717) is 0 Å². The summed E-state index contributed by atoms with van der Waals surface area (Å²) in [5.41, 5.74) is -1.91. The van der Waals surface area contributed by atoms with Crippen LogP contribution in [0.25, 0.3) is 0 Å². The molecule has 8 nitrogen and oxygen atoms in total. The van der Waals surface area contributed by atoms with Crippen LogP contribution in [0.3, 0.4) is 0 Å². The topological polar surface area (TPSA) is 129 Å². The number of carbonyl (C=O) groups is 1. The molecule has 1 saturated heterocycles. The van der Waals surface area contributed by atoms with E-state index >= 15 is 0 Å². The van der Waals surface area contributed by atoms with E-state index in [4.69, 9.17) is 10.00 Å². The molecule has 1 fully saturated rings. The average Bonchev–Trinajstić information content (AvgIpc) is 2.47. The van der Waals surface area contributed by atoms with Gasteiger partial charge in [0.1, 0.15) is 16.5 Å². The van der Waals surface area contributed by atoms with E-state index in [0.717, 1.165) is 0 Å². The largest absolute Gasteiger partial charge is 0.480 e. The van der Waals surface area contributed by atoms with Crippen LogP contribution in [0.15, 0.2) is 23.2 Å². The quantitative estimate of drug-likeness (QED) is 0.791. The number of pyridine rings is 1. The highest BCUT2D eigenvalue weighted by molar-refractivity contribution is 7.89. The molecule has 21 heavy (non-hydrogen) atoms. The van der Waals surface area contributed by atoms with E-state index in [1.165, 1.54) is 18.3 Å². The lowest BCUT2D eigenvalue weighted by Gasteiger charge is -2.33. The SMILES string of the molecule is N#Cc1ncccc1S(=O)(=O)NC1(C(=O)O)CCOCC1. The predicted octanol–water partition coefficient (Wildman–Crippen LogP) is -0.135. The number of sulfonamides is 1. The van der Waals surface area contributed by atoms with Crippen molar-refractivity contribution in [2.45, 2.75) is 23.3 Å². The number of nitriles is 1. The molecule has 0 radical (unpaired) electrons. The van der Waals surface area contributed by atoms with Gasteiger partial charge in [0, 0.05) is 32.3 Å². The van der Waals surface area contributed by atoms with Crippen molar-refractivity contribution < 1.29 is 23.1 Å². The van der Waals surface area contributed by atoms with Gasteiger partial charge in [0.05, 0.1) is 0 Å². The summed E-state index contributed by atoms with van der Waals surface area (Å²) in [6, 6.07) is 4.26. The van der Waals surface area contributed by atoms with Crippen molar-refractivity contribution in [2.75, 3.05) is 13.2 Å². The first-order chi connectivity index (χ1) is 9.91. The van der Waals surface area contributed by atoms with Gasteiger partial charge in [-0.1, -0.05) is 0 Å². The average molecular weight is 311 g/mol. The van der Waals surface area contributed by atoms with Crippen LogP contribution in [0.2, 0.25) is 0 Å². The standard InChI is InChI=1S/C12H13N3O5S/c13-8-9-10(2-1-5-14-9)21(18,19)15-12(11(16)17)3-6-20-7-4-12/h1-2,5,15H,3-4,6-7H2,(H,16,17). The lowest BCUT2D eigenvalue weighted by atomic mass is 9.92. The van der Waals surface area contributed by atoms with Gasteiger partial charge >= 0.3 is 5.97 Å². The summed E-state index contributed by atoms with van der Waals surface area (Å²) in [6.07, 6.45) is 1.33. The Morgan fingerprint density at radius 1 is 1.48 bits per heavy atom. The summed E-state index contributed by atoms with van der Waals surface area (Å²) in [4.78, 5) is 14.8.